The van der Waals surface area contributed by atoms with Gasteiger partial charge in [0.2, 0.25) is 0 Å². The number of carbonyl (C=O) groups excluding carboxylic acids is 1. The van der Waals surface area contributed by atoms with E-state index in [1.807, 2.05) is 20.8 Å². The van der Waals surface area contributed by atoms with Gasteiger partial charge in [-0.3, -0.25) is 0 Å². The molecule has 1 N–H and O–H groups in total. The minimum absolute atomic E-state index is 0.333. The van der Waals surface area contributed by atoms with E-state index in [9.17, 15) is 4.79 Å². The first-order valence-electron chi connectivity index (χ1n) is 7.15. The molecular weight excluding hydrogens is 238 g/mol. The molecule has 3 nitrogen and oxygen atoms in total. The fourth-order valence-electron chi connectivity index (χ4n) is 2.04. The highest BCUT2D eigenvalue weighted by molar-refractivity contribution is 5.67. The summed E-state index contributed by atoms with van der Waals surface area (Å²) in [6.45, 7) is 10.7. The molecule has 2 atom stereocenters. The van der Waals surface area contributed by atoms with E-state index in [0.717, 1.165) is 25.7 Å². The monoisotopic (exact) mass is 267 g/mol. The van der Waals surface area contributed by atoms with Crippen molar-refractivity contribution >= 4 is 6.09 Å². The molecule has 0 heterocycles. The molecule has 110 valence electrons. The van der Waals surface area contributed by atoms with E-state index in [0.29, 0.717) is 18.4 Å². The van der Waals surface area contributed by atoms with Crippen LogP contribution < -0.4 is 5.32 Å². The maximum absolute atomic E-state index is 11.4. The largest absolute Gasteiger partial charge is 0.444 e. The SMILES string of the molecule is C#CCC(C)CC(C)CCCNC(=O)OC(C)(C)C. The standard InChI is InChI=1S/C16H29NO2/c1-7-9-13(2)12-14(3)10-8-11-17-15(18)19-16(4,5)6/h1,13-14H,8-12H2,2-6H3,(H,17,18). The lowest BCUT2D eigenvalue weighted by molar-refractivity contribution is 0.0526. The van der Waals surface area contributed by atoms with Gasteiger partial charge in [-0.15, -0.1) is 12.3 Å². The molecule has 1 amide bonds. The van der Waals surface area contributed by atoms with Gasteiger partial charge in [0, 0.05) is 13.0 Å². The molecule has 0 aliphatic heterocycles. The second kappa shape index (κ2) is 8.85. The number of hydrogen-bond acceptors (Lipinski definition) is 2. The highest BCUT2D eigenvalue weighted by atomic mass is 16.6. The highest BCUT2D eigenvalue weighted by Crippen LogP contribution is 2.18. The summed E-state index contributed by atoms with van der Waals surface area (Å²) >= 11 is 0. The van der Waals surface area contributed by atoms with Gasteiger partial charge in [-0.2, -0.15) is 0 Å². The topological polar surface area (TPSA) is 38.3 Å². The van der Waals surface area contributed by atoms with Crippen LogP contribution in [0.5, 0.6) is 0 Å². The smallest absolute Gasteiger partial charge is 0.407 e. The molecule has 19 heavy (non-hydrogen) atoms. The van der Waals surface area contributed by atoms with E-state index in [-0.39, 0.29) is 6.09 Å². The van der Waals surface area contributed by atoms with Crippen molar-refractivity contribution in [3.8, 4) is 12.3 Å². The Morgan fingerprint density at radius 2 is 1.95 bits per heavy atom. The van der Waals surface area contributed by atoms with Crippen LogP contribution in [0.1, 0.15) is 60.3 Å². The van der Waals surface area contributed by atoms with Crippen molar-refractivity contribution in [2.45, 2.75) is 65.9 Å². The van der Waals surface area contributed by atoms with Gasteiger partial charge in [0.1, 0.15) is 5.60 Å². The van der Waals surface area contributed by atoms with Crippen LogP contribution in [-0.4, -0.2) is 18.2 Å². The molecule has 0 saturated carbocycles. The lowest BCUT2D eigenvalue weighted by Gasteiger charge is -2.20. The van der Waals surface area contributed by atoms with Gasteiger partial charge >= 0.3 is 6.09 Å². The summed E-state index contributed by atoms with van der Waals surface area (Å²) in [6, 6.07) is 0. The van der Waals surface area contributed by atoms with Crippen LogP contribution in [0.25, 0.3) is 0 Å². The fraction of sp³-hybridized carbons (Fsp3) is 0.812. The maximum Gasteiger partial charge on any atom is 0.407 e. The van der Waals surface area contributed by atoms with Crippen molar-refractivity contribution in [2.75, 3.05) is 6.54 Å². The van der Waals surface area contributed by atoms with E-state index in [1.54, 1.807) is 0 Å². The van der Waals surface area contributed by atoms with Crippen molar-refractivity contribution in [1.82, 2.24) is 5.32 Å². The zero-order valence-electron chi connectivity index (χ0n) is 13.1. The predicted molar refractivity (Wildman–Crippen MR) is 79.9 cm³/mol. The first kappa shape index (κ1) is 17.8. The summed E-state index contributed by atoms with van der Waals surface area (Å²) < 4.78 is 5.17. The van der Waals surface area contributed by atoms with Crippen LogP contribution in [-0.2, 0) is 4.74 Å². The Morgan fingerprint density at radius 1 is 1.32 bits per heavy atom. The summed E-state index contributed by atoms with van der Waals surface area (Å²) in [6.07, 6.45) is 9.04. The summed E-state index contributed by atoms with van der Waals surface area (Å²) in [5, 5.41) is 2.78. The molecule has 0 fully saturated rings. The van der Waals surface area contributed by atoms with E-state index in [2.05, 4.69) is 25.1 Å². The number of amides is 1. The predicted octanol–water partition coefficient (Wildman–Crippen LogP) is 3.98. The Balaban J connectivity index is 3.64. The van der Waals surface area contributed by atoms with Gasteiger partial charge in [-0.25, -0.2) is 4.79 Å². The molecule has 3 heteroatoms. The number of terminal acetylenes is 1. The van der Waals surface area contributed by atoms with Gasteiger partial charge in [0.15, 0.2) is 0 Å². The van der Waals surface area contributed by atoms with E-state index in [1.165, 1.54) is 0 Å². The lowest BCUT2D eigenvalue weighted by atomic mass is 9.92. The first-order valence-corrected chi connectivity index (χ1v) is 7.15. The number of rotatable bonds is 7. The molecule has 0 radical (unpaired) electrons. The average molecular weight is 267 g/mol. The molecule has 0 rings (SSSR count). The second-order valence-corrected chi connectivity index (χ2v) is 6.43. The van der Waals surface area contributed by atoms with Gasteiger partial charge in [0.05, 0.1) is 0 Å². The van der Waals surface area contributed by atoms with E-state index in [4.69, 9.17) is 11.2 Å². The van der Waals surface area contributed by atoms with Gasteiger partial charge in [-0.05, 0) is 51.9 Å². The third kappa shape index (κ3) is 11.6. The van der Waals surface area contributed by atoms with Gasteiger partial charge in [0.25, 0.3) is 0 Å². The molecule has 0 bridgehead atoms. The van der Waals surface area contributed by atoms with E-state index < -0.39 is 5.60 Å². The zero-order chi connectivity index (χ0) is 14.9. The molecule has 0 aliphatic rings. The Bertz CT molecular complexity index is 299. The average Bonchev–Trinajstić information content (AvgIpc) is 2.22. The summed E-state index contributed by atoms with van der Waals surface area (Å²) in [7, 11) is 0. The van der Waals surface area contributed by atoms with Crippen molar-refractivity contribution in [3.63, 3.8) is 0 Å². The number of hydrogen-bond donors (Lipinski definition) is 1. The van der Waals surface area contributed by atoms with Crippen LogP contribution >= 0.6 is 0 Å². The molecule has 0 aromatic heterocycles. The summed E-state index contributed by atoms with van der Waals surface area (Å²) in [5.74, 6) is 3.93. The zero-order valence-corrected chi connectivity index (χ0v) is 13.1. The normalized spacial score (nSPS) is 14.3. The molecule has 0 saturated heterocycles. The van der Waals surface area contributed by atoms with Crippen molar-refractivity contribution in [3.05, 3.63) is 0 Å². The first-order chi connectivity index (χ1) is 8.74. The van der Waals surface area contributed by atoms with Crippen LogP contribution in [0.4, 0.5) is 4.79 Å². The van der Waals surface area contributed by atoms with Crippen LogP contribution in [0, 0.1) is 24.2 Å². The third-order valence-electron chi connectivity index (χ3n) is 2.81. The highest BCUT2D eigenvalue weighted by Gasteiger charge is 2.15. The number of carbonyl (C=O) groups is 1. The molecule has 0 spiro atoms. The second-order valence-electron chi connectivity index (χ2n) is 6.43. The minimum Gasteiger partial charge on any atom is -0.444 e. The third-order valence-corrected chi connectivity index (χ3v) is 2.81. The number of nitrogens with one attached hydrogen (secondary N) is 1. The van der Waals surface area contributed by atoms with Crippen LogP contribution in [0.15, 0.2) is 0 Å². The fourth-order valence-corrected chi connectivity index (χ4v) is 2.04. The van der Waals surface area contributed by atoms with Gasteiger partial charge in [-0.1, -0.05) is 13.8 Å². The summed E-state index contributed by atoms with van der Waals surface area (Å²) in [4.78, 5) is 11.4. The Kier molecular flexibility index (Phi) is 8.30. The maximum atomic E-state index is 11.4. The van der Waals surface area contributed by atoms with Crippen molar-refractivity contribution in [1.29, 1.82) is 0 Å². The van der Waals surface area contributed by atoms with Crippen LogP contribution in [0.3, 0.4) is 0 Å². The Morgan fingerprint density at radius 3 is 2.47 bits per heavy atom. The van der Waals surface area contributed by atoms with Gasteiger partial charge < -0.3 is 10.1 Å². The molecular formula is C16H29NO2. The van der Waals surface area contributed by atoms with Crippen molar-refractivity contribution < 1.29 is 9.53 Å². The quantitative estimate of drug-likeness (QED) is 0.560. The molecule has 2 unspecified atom stereocenters. The van der Waals surface area contributed by atoms with Crippen molar-refractivity contribution in [2.24, 2.45) is 11.8 Å². The Labute approximate surface area is 118 Å². The molecule has 0 aromatic rings. The number of ether oxygens (including phenoxy) is 1. The number of alkyl carbamates (subject to hydrolysis) is 1. The summed E-state index contributed by atoms with van der Waals surface area (Å²) in [5.41, 5.74) is -0.429. The Hall–Kier alpha value is -1.17. The minimum atomic E-state index is -0.429. The molecule has 0 aliphatic carbocycles. The van der Waals surface area contributed by atoms with E-state index >= 15 is 0 Å². The van der Waals surface area contributed by atoms with Crippen LogP contribution in [0.2, 0.25) is 0 Å². The lowest BCUT2D eigenvalue weighted by Crippen LogP contribution is -2.33. The molecule has 0 aromatic carbocycles.